The fourth-order valence-electron chi connectivity index (χ4n) is 2.54. The molecule has 0 aliphatic carbocycles. The van der Waals surface area contributed by atoms with Crippen molar-refractivity contribution in [3.05, 3.63) is 35.4 Å². The lowest BCUT2D eigenvalue weighted by Crippen LogP contribution is -2.28. The molecule has 1 aromatic carbocycles. The first-order valence-corrected chi connectivity index (χ1v) is 6.94. The topological polar surface area (TPSA) is 44.3 Å². The Bertz CT molecular complexity index is 367. The summed E-state index contributed by atoms with van der Waals surface area (Å²) in [7, 11) is 0. The van der Waals surface area contributed by atoms with Crippen LogP contribution in [0.4, 0.5) is 0 Å². The van der Waals surface area contributed by atoms with Crippen LogP contribution in [0.25, 0.3) is 0 Å². The highest BCUT2D eigenvalue weighted by Crippen LogP contribution is 2.23. The summed E-state index contributed by atoms with van der Waals surface area (Å²) >= 11 is 0. The minimum Gasteiger partial charge on any atom is -0.396 e. The smallest absolute Gasteiger partial charge is 0.0434 e. The van der Waals surface area contributed by atoms with E-state index in [1.54, 1.807) is 0 Å². The predicted molar refractivity (Wildman–Crippen MR) is 74.4 cm³/mol. The third kappa shape index (κ3) is 3.55. The second-order valence-electron chi connectivity index (χ2n) is 5.24. The van der Waals surface area contributed by atoms with Crippen molar-refractivity contribution in [1.82, 2.24) is 10.6 Å². The summed E-state index contributed by atoms with van der Waals surface area (Å²) in [5, 5.41) is 16.1. The molecule has 0 radical (unpaired) electrons. The van der Waals surface area contributed by atoms with Crippen LogP contribution in [0, 0.1) is 5.92 Å². The van der Waals surface area contributed by atoms with Crippen LogP contribution in [0.2, 0.25) is 0 Å². The molecule has 1 heterocycles. The van der Waals surface area contributed by atoms with E-state index < -0.39 is 0 Å². The van der Waals surface area contributed by atoms with Gasteiger partial charge in [0.2, 0.25) is 0 Å². The van der Waals surface area contributed by atoms with Crippen molar-refractivity contribution in [1.29, 1.82) is 0 Å². The van der Waals surface area contributed by atoms with Gasteiger partial charge >= 0.3 is 0 Å². The predicted octanol–water partition coefficient (Wildman–Crippen LogP) is 1.83. The summed E-state index contributed by atoms with van der Waals surface area (Å²) in [5.41, 5.74) is 2.83. The van der Waals surface area contributed by atoms with E-state index >= 15 is 0 Å². The Hall–Kier alpha value is -0.900. The van der Waals surface area contributed by atoms with Gasteiger partial charge in [-0.2, -0.15) is 0 Å². The first-order valence-electron chi connectivity index (χ1n) is 6.94. The van der Waals surface area contributed by atoms with Crippen molar-refractivity contribution in [2.75, 3.05) is 19.7 Å². The Balaban J connectivity index is 1.99. The molecule has 0 amide bonds. The molecule has 18 heavy (non-hydrogen) atoms. The van der Waals surface area contributed by atoms with Gasteiger partial charge in [-0.15, -0.1) is 0 Å². The van der Waals surface area contributed by atoms with Crippen molar-refractivity contribution in [2.45, 2.75) is 32.4 Å². The number of hydrogen-bond acceptors (Lipinski definition) is 3. The summed E-state index contributed by atoms with van der Waals surface area (Å²) in [6.45, 7) is 5.47. The summed E-state index contributed by atoms with van der Waals surface area (Å²) < 4.78 is 0. The van der Waals surface area contributed by atoms with Crippen LogP contribution in [0.5, 0.6) is 0 Å². The number of rotatable bonds is 5. The van der Waals surface area contributed by atoms with Crippen LogP contribution >= 0.6 is 0 Å². The first kappa shape index (κ1) is 13.5. The fourth-order valence-corrected chi connectivity index (χ4v) is 2.54. The van der Waals surface area contributed by atoms with Gasteiger partial charge in [-0.3, -0.25) is 0 Å². The number of aliphatic hydroxyl groups is 1. The molecule has 0 fully saturated rings. The van der Waals surface area contributed by atoms with Gasteiger partial charge in [-0.25, -0.2) is 0 Å². The van der Waals surface area contributed by atoms with Crippen LogP contribution in [-0.2, 0) is 6.54 Å². The maximum absolute atomic E-state index is 8.94. The molecule has 1 aromatic rings. The van der Waals surface area contributed by atoms with Gasteiger partial charge in [0.1, 0.15) is 0 Å². The Labute approximate surface area is 110 Å². The fraction of sp³-hybridized carbons (Fsp3) is 0.600. The van der Waals surface area contributed by atoms with Crippen LogP contribution in [0.3, 0.4) is 0 Å². The normalized spacial score (nSPS) is 21.1. The molecule has 0 aromatic heterocycles. The van der Waals surface area contributed by atoms with E-state index in [0.717, 1.165) is 32.5 Å². The van der Waals surface area contributed by atoms with Crippen molar-refractivity contribution in [3.8, 4) is 0 Å². The minimum atomic E-state index is 0.283. The lowest BCUT2D eigenvalue weighted by atomic mass is 9.98. The molecule has 0 spiro atoms. The third-order valence-corrected chi connectivity index (χ3v) is 3.69. The van der Waals surface area contributed by atoms with Crippen LogP contribution in [0.15, 0.2) is 24.3 Å². The summed E-state index contributed by atoms with van der Waals surface area (Å²) in [5.74, 6) is 0.526. The quantitative estimate of drug-likeness (QED) is 0.745. The first-order chi connectivity index (χ1) is 8.81. The number of aliphatic hydroxyl groups excluding tert-OH is 1. The standard InChI is InChI=1S/C15H24N2O/c1-12(7-9-18)10-17-15-6-8-16-11-13-4-2-3-5-14(13)15/h2-5,12,15-18H,6-11H2,1H3. The van der Waals surface area contributed by atoms with Gasteiger partial charge in [-0.05, 0) is 43.0 Å². The molecule has 100 valence electrons. The maximum atomic E-state index is 8.94. The van der Waals surface area contributed by atoms with E-state index in [0.29, 0.717) is 12.0 Å². The molecule has 1 aliphatic heterocycles. The van der Waals surface area contributed by atoms with Gasteiger partial charge in [-0.1, -0.05) is 31.2 Å². The zero-order valence-corrected chi connectivity index (χ0v) is 11.2. The molecule has 1 aliphatic rings. The summed E-state index contributed by atoms with van der Waals surface area (Å²) in [4.78, 5) is 0. The summed E-state index contributed by atoms with van der Waals surface area (Å²) in [6, 6.07) is 9.11. The number of benzene rings is 1. The Morgan fingerprint density at radius 1 is 1.44 bits per heavy atom. The van der Waals surface area contributed by atoms with Crippen molar-refractivity contribution >= 4 is 0 Å². The van der Waals surface area contributed by atoms with Crippen LogP contribution in [-0.4, -0.2) is 24.8 Å². The average Bonchev–Trinajstić information content (AvgIpc) is 2.59. The molecule has 0 saturated carbocycles. The summed E-state index contributed by atoms with van der Waals surface area (Å²) in [6.07, 6.45) is 2.00. The second kappa shape index (κ2) is 6.88. The van der Waals surface area contributed by atoms with Crippen molar-refractivity contribution in [3.63, 3.8) is 0 Å². The molecule has 2 unspecified atom stereocenters. The zero-order chi connectivity index (χ0) is 12.8. The lowest BCUT2D eigenvalue weighted by Gasteiger charge is -2.21. The monoisotopic (exact) mass is 248 g/mol. The van der Waals surface area contributed by atoms with E-state index in [4.69, 9.17) is 5.11 Å². The van der Waals surface area contributed by atoms with Gasteiger partial charge in [0.05, 0.1) is 0 Å². The molecule has 2 atom stereocenters. The Morgan fingerprint density at radius 2 is 2.28 bits per heavy atom. The Morgan fingerprint density at radius 3 is 3.11 bits per heavy atom. The highest BCUT2D eigenvalue weighted by atomic mass is 16.3. The van der Waals surface area contributed by atoms with Gasteiger partial charge in [0.25, 0.3) is 0 Å². The van der Waals surface area contributed by atoms with Crippen LogP contribution < -0.4 is 10.6 Å². The van der Waals surface area contributed by atoms with E-state index in [2.05, 4.69) is 41.8 Å². The number of hydrogen-bond donors (Lipinski definition) is 3. The molecule has 0 saturated heterocycles. The molecule has 3 heteroatoms. The van der Waals surface area contributed by atoms with Crippen molar-refractivity contribution < 1.29 is 5.11 Å². The van der Waals surface area contributed by atoms with E-state index in [-0.39, 0.29) is 6.61 Å². The number of fused-ring (bicyclic) bond motifs is 1. The van der Waals surface area contributed by atoms with Crippen LogP contribution in [0.1, 0.15) is 36.9 Å². The Kier molecular flexibility index (Phi) is 5.17. The number of nitrogens with one attached hydrogen (secondary N) is 2. The average molecular weight is 248 g/mol. The lowest BCUT2D eigenvalue weighted by molar-refractivity contribution is 0.257. The molecule has 3 nitrogen and oxygen atoms in total. The SMILES string of the molecule is CC(CCO)CNC1CCNCc2ccccc21. The molecule has 2 rings (SSSR count). The van der Waals surface area contributed by atoms with E-state index in [9.17, 15) is 0 Å². The zero-order valence-electron chi connectivity index (χ0n) is 11.2. The van der Waals surface area contributed by atoms with Crippen molar-refractivity contribution in [2.24, 2.45) is 5.92 Å². The van der Waals surface area contributed by atoms with Gasteiger partial charge in [0, 0.05) is 19.2 Å². The van der Waals surface area contributed by atoms with E-state index in [1.165, 1.54) is 11.1 Å². The largest absolute Gasteiger partial charge is 0.396 e. The van der Waals surface area contributed by atoms with Gasteiger partial charge < -0.3 is 15.7 Å². The highest BCUT2D eigenvalue weighted by Gasteiger charge is 2.17. The minimum absolute atomic E-state index is 0.283. The molecular formula is C15H24N2O. The van der Waals surface area contributed by atoms with Gasteiger partial charge in [0.15, 0.2) is 0 Å². The third-order valence-electron chi connectivity index (χ3n) is 3.69. The van der Waals surface area contributed by atoms with E-state index in [1.807, 2.05) is 0 Å². The molecular weight excluding hydrogens is 224 g/mol. The molecule has 0 bridgehead atoms. The second-order valence-corrected chi connectivity index (χ2v) is 5.24. The highest BCUT2D eigenvalue weighted by molar-refractivity contribution is 5.30. The maximum Gasteiger partial charge on any atom is 0.0434 e. The molecule has 3 N–H and O–H groups in total.